The highest BCUT2D eigenvalue weighted by atomic mass is 35.5. The van der Waals surface area contributed by atoms with Crippen LogP contribution < -0.4 is 4.74 Å². The lowest BCUT2D eigenvalue weighted by Crippen LogP contribution is -2.35. The Hall–Kier alpha value is -1.79. The molecule has 7 heteroatoms. The van der Waals surface area contributed by atoms with Crippen molar-refractivity contribution in [1.82, 2.24) is 9.80 Å². The minimum Gasteiger partial charge on any atom is -0.467 e. The summed E-state index contributed by atoms with van der Waals surface area (Å²) >= 11 is 12.5. The minimum absolute atomic E-state index is 0.00642. The fourth-order valence-corrected chi connectivity index (χ4v) is 4.23. The normalized spacial score (nSPS) is 17.6. The second kappa shape index (κ2) is 8.70. The number of hydrogen-bond acceptors (Lipinski definition) is 4. The number of carbonyl (C=O) groups excluding carboxylic acids is 1. The van der Waals surface area contributed by atoms with E-state index in [1.807, 2.05) is 29.2 Å². The molecule has 2 aliphatic heterocycles. The predicted molar refractivity (Wildman–Crippen MR) is 109 cm³/mol. The van der Waals surface area contributed by atoms with Gasteiger partial charge in [0.15, 0.2) is 6.79 Å². The molecule has 0 aromatic heterocycles. The van der Waals surface area contributed by atoms with Crippen molar-refractivity contribution < 1.29 is 14.3 Å². The summed E-state index contributed by atoms with van der Waals surface area (Å²) in [5.74, 6) is 0.872. The molecule has 148 valence electrons. The second-order valence-electron chi connectivity index (χ2n) is 7.07. The zero-order valence-corrected chi connectivity index (χ0v) is 17.0. The van der Waals surface area contributed by atoms with E-state index >= 15 is 0 Å². The fraction of sp³-hybridized carbons (Fsp3) is 0.381. The summed E-state index contributed by atoms with van der Waals surface area (Å²) in [5, 5.41) is 1.19. The Morgan fingerprint density at radius 3 is 2.79 bits per heavy atom. The first-order chi connectivity index (χ1) is 13.6. The van der Waals surface area contributed by atoms with Gasteiger partial charge in [-0.1, -0.05) is 35.3 Å². The van der Waals surface area contributed by atoms with Gasteiger partial charge in [0.05, 0.1) is 17.2 Å². The van der Waals surface area contributed by atoms with Gasteiger partial charge in [-0.3, -0.25) is 9.69 Å². The molecule has 0 spiro atoms. The van der Waals surface area contributed by atoms with Crippen molar-refractivity contribution >= 4 is 29.1 Å². The van der Waals surface area contributed by atoms with E-state index < -0.39 is 0 Å². The van der Waals surface area contributed by atoms with Crippen molar-refractivity contribution in [3.05, 3.63) is 63.1 Å². The van der Waals surface area contributed by atoms with Gasteiger partial charge in [-0.2, -0.15) is 0 Å². The zero-order chi connectivity index (χ0) is 19.5. The maximum Gasteiger partial charge on any atom is 0.255 e. The highest BCUT2D eigenvalue weighted by Gasteiger charge is 2.23. The van der Waals surface area contributed by atoms with E-state index in [4.69, 9.17) is 32.7 Å². The maximum absolute atomic E-state index is 12.8. The van der Waals surface area contributed by atoms with Crippen LogP contribution in [0.15, 0.2) is 36.4 Å². The Labute approximate surface area is 174 Å². The number of ether oxygens (including phenoxy) is 2. The highest BCUT2D eigenvalue weighted by Crippen LogP contribution is 2.32. The van der Waals surface area contributed by atoms with Crippen molar-refractivity contribution in [3.8, 4) is 5.75 Å². The summed E-state index contributed by atoms with van der Waals surface area (Å²) in [6.07, 6.45) is 0.906. The Balaban J connectivity index is 1.45. The maximum atomic E-state index is 12.8. The van der Waals surface area contributed by atoms with Crippen molar-refractivity contribution in [2.75, 3.05) is 33.0 Å². The fourth-order valence-electron chi connectivity index (χ4n) is 3.75. The number of rotatable bonds is 3. The molecule has 1 saturated heterocycles. The van der Waals surface area contributed by atoms with Crippen molar-refractivity contribution in [1.29, 1.82) is 0 Å². The van der Waals surface area contributed by atoms with Gasteiger partial charge >= 0.3 is 0 Å². The third kappa shape index (κ3) is 4.28. The van der Waals surface area contributed by atoms with Gasteiger partial charge in [0.2, 0.25) is 0 Å². The van der Waals surface area contributed by atoms with Crippen LogP contribution in [0, 0.1) is 0 Å². The van der Waals surface area contributed by atoms with Crippen LogP contribution in [-0.4, -0.2) is 48.7 Å². The van der Waals surface area contributed by atoms with Crippen molar-refractivity contribution in [2.45, 2.75) is 19.6 Å². The van der Waals surface area contributed by atoms with Crippen molar-refractivity contribution in [3.63, 3.8) is 0 Å². The number of benzene rings is 2. The molecule has 0 bridgehead atoms. The van der Waals surface area contributed by atoms with E-state index in [0.29, 0.717) is 28.8 Å². The summed E-state index contributed by atoms with van der Waals surface area (Å²) in [4.78, 5) is 17.1. The average Bonchev–Trinajstić information content (AvgIpc) is 2.93. The molecule has 28 heavy (non-hydrogen) atoms. The van der Waals surface area contributed by atoms with Crippen LogP contribution in [-0.2, 0) is 17.9 Å². The summed E-state index contributed by atoms with van der Waals surface area (Å²) in [5.41, 5.74) is 2.62. The van der Waals surface area contributed by atoms with E-state index in [0.717, 1.165) is 49.5 Å². The largest absolute Gasteiger partial charge is 0.467 e. The molecule has 2 aliphatic rings. The van der Waals surface area contributed by atoms with Gasteiger partial charge in [-0.25, -0.2) is 0 Å². The number of fused-ring (bicyclic) bond motifs is 1. The molecule has 0 saturated carbocycles. The molecule has 0 atom stereocenters. The summed E-state index contributed by atoms with van der Waals surface area (Å²) in [6, 6.07) is 11.1. The van der Waals surface area contributed by atoms with Gasteiger partial charge in [0, 0.05) is 48.9 Å². The first-order valence-corrected chi connectivity index (χ1v) is 10.2. The summed E-state index contributed by atoms with van der Waals surface area (Å²) < 4.78 is 11.1. The van der Waals surface area contributed by atoms with Gasteiger partial charge < -0.3 is 14.4 Å². The first-order valence-electron chi connectivity index (χ1n) is 9.40. The summed E-state index contributed by atoms with van der Waals surface area (Å²) in [7, 11) is 0. The highest BCUT2D eigenvalue weighted by molar-refractivity contribution is 6.33. The molecule has 1 amide bonds. The lowest BCUT2D eigenvalue weighted by Gasteiger charge is -2.25. The van der Waals surface area contributed by atoms with Crippen LogP contribution in [0.3, 0.4) is 0 Å². The second-order valence-corrected chi connectivity index (χ2v) is 7.91. The molecule has 2 heterocycles. The van der Waals surface area contributed by atoms with E-state index in [2.05, 4.69) is 4.90 Å². The SMILES string of the molecule is O=C(c1ccccc1Cl)N1CCCN(Cc2cc(Cl)cc3c2OCOC3)CC1. The topological polar surface area (TPSA) is 42.0 Å². The van der Waals surface area contributed by atoms with E-state index in [-0.39, 0.29) is 12.7 Å². The third-order valence-electron chi connectivity index (χ3n) is 5.13. The van der Waals surface area contributed by atoms with Crippen LogP contribution in [0.1, 0.15) is 27.9 Å². The van der Waals surface area contributed by atoms with Crippen LogP contribution in [0.4, 0.5) is 0 Å². The van der Waals surface area contributed by atoms with Gasteiger partial charge in [-0.15, -0.1) is 0 Å². The smallest absolute Gasteiger partial charge is 0.255 e. The Morgan fingerprint density at radius 2 is 1.93 bits per heavy atom. The molecule has 0 aliphatic carbocycles. The molecule has 4 rings (SSSR count). The molecule has 5 nitrogen and oxygen atoms in total. The molecule has 2 aromatic rings. The van der Waals surface area contributed by atoms with Gasteiger partial charge in [0.25, 0.3) is 5.91 Å². The Kier molecular flexibility index (Phi) is 6.07. The zero-order valence-electron chi connectivity index (χ0n) is 15.5. The van der Waals surface area contributed by atoms with Crippen molar-refractivity contribution in [2.24, 2.45) is 0 Å². The van der Waals surface area contributed by atoms with Gasteiger partial charge in [-0.05, 0) is 30.7 Å². The third-order valence-corrected chi connectivity index (χ3v) is 5.67. The predicted octanol–water partition coefficient (Wildman–Crippen LogP) is 4.21. The number of halogens is 2. The number of hydrogen-bond donors (Lipinski definition) is 0. The van der Waals surface area contributed by atoms with Gasteiger partial charge in [0.1, 0.15) is 5.75 Å². The molecule has 0 unspecified atom stereocenters. The standard InChI is InChI=1S/C21H22Cl2N2O3/c22-17-10-15(20-16(11-17)13-27-14-28-20)12-24-6-3-7-25(9-8-24)21(26)18-4-1-2-5-19(18)23/h1-2,4-5,10-11H,3,6-9,12-14H2. The first kappa shape index (κ1) is 19.5. The Bertz CT molecular complexity index is 875. The van der Waals surface area contributed by atoms with Crippen LogP contribution >= 0.6 is 23.2 Å². The molecule has 1 fully saturated rings. The lowest BCUT2D eigenvalue weighted by atomic mass is 10.1. The minimum atomic E-state index is -0.00642. The Morgan fingerprint density at radius 1 is 1.07 bits per heavy atom. The molecule has 2 aromatic carbocycles. The molecule has 0 radical (unpaired) electrons. The average molecular weight is 421 g/mol. The van der Waals surface area contributed by atoms with Crippen LogP contribution in [0.5, 0.6) is 5.75 Å². The van der Waals surface area contributed by atoms with E-state index in [1.165, 1.54) is 0 Å². The monoisotopic (exact) mass is 420 g/mol. The van der Waals surface area contributed by atoms with E-state index in [1.54, 1.807) is 12.1 Å². The molecular weight excluding hydrogens is 399 g/mol. The number of carbonyl (C=O) groups is 1. The van der Waals surface area contributed by atoms with E-state index in [9.17, 15) is 4.79 Å². The molecule has 0 N–H and O–H groups in total. The number of amides is 1. The quantitative estimate of drug-likeness (QED) is 0.745. The lowest BCUT2D eigenvalue weighted by molar-refractivity contribution is -0.0174. The molecular formula is C21H22Cl2N2O3. The number of nitrogens with zero attached hydrogens (tertiary/aromatic N) is 2. The summed E-state index contributed by atoms with van der Waals surface area (Å²) in [6.45, 7) is 4.59. The van der Waals surface area contributed by atoms with Crippen LogP contribution in [0.2, 0.25) is 10.0 Å². The van der Waals surface area contributed by atoms with Crippen LogP contribution in [0.25, 0.3) is 0 Å².